The Morgan fingerprint density at radius 3 is 2.12 bits per heavy atom. The molecule has 6 aromatic carbocycles. The molecule has 2 aliphatic heterocycles. The van der Waals surface area contributed by atoms with Crippen molar-refractivity contribution in [2.75, 3.05) is 22.8 Å². The number of carbonyl (C=O) groups is 4. The van der Waals surface area contributed by atoms with Gasteiger partial charge in [-0.05, 0) is 103 Å². The van der Waals surface area contributed by atoms with Gasteiger partial charge in [-0.15, -0.1) is 0 Å². The molecule has 10 rings (SSSR count). The number of ether oxygens (including phenoxy) is 2. The van der Waals surface area contributed by atoms with Crippen LogP contribution >= 0.6 is 23.2 Å². The average molecular weight is 906 g/mol. The summed E-state index contributed by atoms with van der Waals surface area (Å²) in [7, 11) is 1.54. The van der Waals surface area contributed by atoms with Gasteiger partial charge in [0.25, 0.3) is 11.8 Å². The Labute approximate surface area is 385 Å². The maximum absolute atomic E-state index is 15.7. The summed E-state index contributed by atoms with van der Waals surface area (Å²) < 4.78 is 11.6. The SMILES string of the molecule is COc1ccc(C23C(=O)N(Nc4ccc(Cl)cc4Cl)C(=O)C2CC2C(=CCC4C(=O)N(c5ccc(Nc6ccccc6)cc5)C(=O)C42)C3c2ccc(OCc3ccccc3)cc2O)cc1. The Morgan fingerprint density at radius 1 is 0.738 bits per heavy atom. The molecule has 0 radical (unpaired) electrons. The molecule has 326 valence electrons. The van der Waals surface area contributed by atoms with Crippen LogP contribution in [0.15, 0.2) is 157 Å². The summed E-state index contributed by atoms with van der Waals surface area (Å²) in [6.07, 6.45) is 2.20. The van der Waals surface area contributed by atoms with Crippen LogP contribution in [0.1, 0.15) is 35.4 Å². The first kappa shape index (κ1) is 41.9. The molecule has 4 aliphatic rings. The van der Waals surface area contributed by atoms with Crippen molar-refractivity contribution < 1.29 is 33.8 Å². The number of imide groups is 2. The van der Waals surface area contributed by atoms with E-state index in [4.69, 9.17) is 32.7 Å². The third kappa shape index (κ3) is 7.15. The molecule has 4 amide bonds. The number of rotatable bonds is 11. The lowest BCUT2D eigenvalue weighted by atomic mass is 9.49. The van der Waals surface area contributed by atoms with Gasteiger partial charge in [0.1, 0.15) is 23.9 Å². The predicted molar refractivity (Wildman–Crippen MR) is 248 cm³/mol. The fourth-order valence-corrected chi connectivity index (χ4v) is 10.9. The van der Waals surface area contributed by atoms with Crippen molar-refractivity contribution in [1.29, 1.82) is 0 Å². The largest absolute Gasteiger partial charge is 0.508 e. The number of hydrogen-bond acceptors (Lipinski definition) is 9. The van der Waals surface area contributed by atoms with Crippen LogP contribution in [0.25, 0.3) is 0 Å². The summed E-state index contributed by atoms with van der Waals surface area (Å²) in [6, 6.07) is 43.1. The second-order valence-electron chi connectivity index (χ2n) is 16.8. The monoisotopic (exact) mass is 904 g/mol. The fourth-order valence-electron chi connectivity index (χ4n) is 10.4. The highest BCUT2D eigenvalue weighted by Gasteiger charge is 2.70. The minimum atomic E-state index is -1.67. The topological polar surface area (TPSA) is 138 Å². The van der Waals surface area contributed by atoms with Crippen molar-refractivity contribution in [3.8, 4) is 17.2 Å². The molecule has 0 bridgehead atoms. The highest BCUT2D eigenvalue weighted by atomic mass is 35.5. The van der Waals surface area contributed by atoms with Gasteiger partial charge in [0, 0.05) is 33.9 Å². The summed E-state index contributed by atoms with van der Waals surface area (Å²) in [4.78, 5) is 61.5. The molecule has 11 nitrogen and oxygen atoms in total. The summed E-state index contributed by atoms with van der Waals surface area (Å²) in [5.41, 5.74) is 6.20. The van der Waals surface area contributed by atoms with Crippen LogP contribution < -0.4 is 25.1 Å². The van der Waals surface area contributed by atoms with Crippen molar-refractivity contribution in [2.45, 2.75) is 30.8 Å². The van der Waals surface area contributed by atoms with Crippen LogP contribution in [-0.2, 0) is 31.2 Å². The summed E-state index contributed by atoms with van der Waals surface area (Å²) in [5, 5.41) is 17.1. The predicted octanol–water partition coefficient (Wildman–Crippen LogP) is 10.2. The number of aromatic hydroxyl groups is 1. The van der Waals surface area contributed by atoms with Gasteiger partial charge in [-0.2, -0.15) is 5.01 Å². The number of phenols is 1. The second-order valence-corrected chi connectivity index (χ2v) is 17.6. The molecule has 2 aliphatic carbocycles. The van der Waals surface area contributed by atoms with Gasteiger partial charge in [0.15, 0.2) is 0 Å². The number of nitrogens with one attached hydrogen (secondary N) is 2. The number of anilines is 4. The smallest absolute Gasteiger partial charge is 0.260 e. The van der Waals surface area contributed by atoms with Crippen LogP contribution in [0, 0.1) is 23.7 Å². The molecule has 0 aromatic heterocycles. The van der Waals surface area contributed by atoms with Crippen LogP contribution in [0.5, 0.6) is 17.2 Å². The number of phenolic OH excluding ortho intramolecular Hbond substituents is 1. The average Bonchev–Trinajstić information content (AvgIpc) is 3.70. The van der Waals surface area contributed by atoms with Gasteiger partial charge in [-0.25, -0.2) is 0 Å². The number of halogens is 2. The number of hydrogen-bond donors (Lipinski definition) is 3. The lowest BCUT2D eigenvalue weighted by Gasteiger charge is -2.50. The normalized spacial score (nSPS) is 23.4. The van der Waals surface area contributed by atoms with Crippen molar-refractivity contribution in [3.05, 3.63) is 184 Å². The van der Waals surface area contributed by atoms with Crippen molar-refractivity contribution >= 4 is 69.6 Å². The van der Waals surface area contributed by atoms with E-state index in [1.54, 1.807) is 60.7 Å². The molecule has 65 heavy (non-hydrogen) atoms. The molecule has 3 fully saturated rings. The Hall–Kier alpha value is -7.08. The molecule has 6 aromatic rings. The minimum absolute atomic E-state index is 0.0540. The fraction of sp³-hybridized carbons (Fsp3) is 0.192. The van der Waals surface area contributed by atoms with Crippen LogP contribution in [0.4, 0.5) is 22.7 Å². The lowest BCUT2D eigenvalue weighted by Crippen LogP contribution is -2.53. The van der Waals surface area contributed by atoms with Gasteiger partial charge in [-0.1, -0.05) is 102 Å². The van der Waals surface area contributed by atoms with E-state index in [2.05, 4.69) is 10.7 Å². The van der Waals surface area contributed by atoms with Crippen LogP contribution in [0.3, 0.4) is 0 Å². The molecule has 13 heteroatoms. The van der Waals surface area contributed by atoms with Crippen molar-refractivity contribution in [3.63, 3.8) is 0 Å². The van der Waals surface area contributed by atoms with E-state index in [0.717, 1.165) is 21.9 Å². The Kier molecular flexibility index (Phi) is 10.8. The molecule has 1 saturated carbocycles. The van der Waals surface area contributed by atoms with Crippen molar-refractivity contribution in [2.24, 2.45) is 23.7 Å². The third-order valence-corrected chi connectivity index (χ3v) is 13.9. The quantitative estimate of drug-likeness (QED) is 0.0857. The maximum Gasteiger partial charge on any atom is 0.260 e. The first-order valence-corrected chi connectivity index (χ1v) is 22.1. The summed E-state index contributed by atoms with van der Waals surface area (Å²) in [6.45, 7) is 0.247. The van der Waals surface area contributed by atoms with E-state index in [-0.39, 0.29) is 47.7 Å². The van der Waals surface area contributed by atoms with Gasteiger partial charge >= 0.3 is 0 Å². The zero-order valence-corrected chi connectivity index (χ0v) is 36.5. The minimum Gasteiger partial charge on any atom is -0.508 e. The second kappa shape index (κ2) is 16.8. The maximum atomic E-state index is 15.7. The van der Waals surface area contributed by atoms with Gasteiger partial charge in [0.2, 0.25) is 11.8 Å². The molecular formula is C52H42Cl2N4O7. The van der Waals surface area contributed by atoms with E-state index in [1.165, 1.54) is 24.1 Å². The van der Waals surface area contributed by atoms with Gasteiger partial charge in [-0.3, -0.25) is 29.5 Å². The van der Waals surface area contributed by atoms with E-state index in [1.807, 2.05) is 78.9 Å². The van der Waals surface area contributed by atoms with Crippen LogP contribution in [0.2, 0.25) is 10.0 Å². The highest BCUT2D eigenvalue weighted by molar-refractivity contribution is 6.36. The highest BCUT2D eigenvalue weighted by Crippen LogP contribution is 2.65. The Morgan fingerprint density at radius 2 is 1.43 bits per heavy atom. The zero-order valence-electron chi connectivity index (χ0n) is 35.0. The number of para-hydroxylation sites is 1. The number of fused-ring (bicyclic) bond motifs is 4. The molecule has 6 unspecified atom stereocenters. The van der Waals surface area contributed by atoms with E-state index >= 15 is 9.59 Å². The number of methoxy groups -OCH3 is 1. The third-order valence-electron chi connectivity index (χ3n) is 13.3. The van der Waals surface area contributed by atoms with Gasteiger partial charge in [0.05, 0.1) is 46.7 Å². The lowest BCUT2D eigenvalue weighted by molar-refractivity contribution is -0.138. The zero-order chi connectivity index (χ0) is 45.0. The molecule has 2 saturated heterocycles. The summed E-state index contributed by atoms with van der Waals surface area (Å²) in [5.74, 6) is -5.41. The Balaban J connectivity index is 1.09. The van der Waals surface area contributed by atoms with E-state index < -0.39 is 46.8 Å². The first-order chi connectivity index (χ1) is 31.6. The van der Waals surface area contributed by atoms with Crippen molar-refractivity contribution in [1.82, 2.24) is 5.01 Å². The number of carbonyl (C=O) groups excluding carboxylic acids is 4. The molecule has 6 atom stereocenters. The Bertz CT molecular complexity index is 2880. The standard InChI is InChI=1S/C52H42Cl2N4O7/c1-64-36-19-12-31(13-20-36)52-42(49(61)58(51(52)63)56-44-25-14-32(53)26-43(44)54)28-41-38(47(52)39-22-21-37(27-45(39)59)65-29-30-8-4-2-5-9-30)23-24-40-46(41)50(62)57(48(40)60)35-17-15-34(16-18-35)55-33-10-6-3-7-11-33/h2-23,25-27,40-42,46-47,55-56,59H,24,28-29H2,1H3. The number of allylic oxidation sites excluding steroid dienone is 2. The first-order valence-electron chi connectivity index (χ1n) is 21.3. The number of nitrogens with zero attached hydrogens (tertiary/aromatic N) is 2. The van der Waals surface area contributed by atoms with Gasteiger partial charge < -0.3 is 19.9 Å². The van der Waals surface area contributed by atoms with E-state index in [9.17, 15) is 14.7 Å². The number of hydrazine groups is 1. The molecule has 3 N–H and O–H groups in total. The number of benzene rings is 6. The van der Waals surface area contributed by atoms with E-state index in [0.29, 0.717) is 38.9 Å². The van der Waals surface area contributed by atoms with Crippen LogP contribution in [-0.4, -0.2) is 40.9 Å². The molecular weight excluding hydrogens is 863 g/mol. The number of amides is 4. The molecule has 2 heterocycles. The summed E-state index contributed by atoms with van der Waals surface area (Å²) >= 11 is 12.9. The molecule has 0 spiro atoms.